The predicted octanol–water partition coefficient (Wildman–Crippen LogP) is 1.43. The van der Waals surface area contributed by atoms with Gasteiger partial charge in [-0.15, -0.1) is 10.2 Å². The Morgan fingerprint density at radius 3 is 2.75 bits per heavy atom. The van der Waals surface area contributed by atoms with Crippen LogP contribution in [0.5, 0.6) is 0 Å². The largest absolute Gasteiger partial charge is 0.332 e. The first-order valence-corrected chi connectivity index (χ1v) is 7.77. The number of fused-ring (bicyclic) bond motifs is 1. The lowest BCUT2D eigenvalue weighted by atomic mass is 10.0. The zero-order valence-electron chi connectivity index (χ0n) is 13.8. The summed E-state index contributed by atoms with van der Waals surface area (Å²) in [4.78, 5) is 23.6. The zero-order chi connectivity index (χ0) is 17.3. The van der Waals surface area contributed by atoms with Crippen molar-refractivity contribution in [3.05, 3.63) is 41.5 Å². The fourth-order valence-corrected chi connectivity index (χ4v) is 2.79. The Balaban J connectivity index is 1.61. The van der Waals surface area contributed by atoms with Gasteiger partial charge in [0.15, 0.2) is 5.82 Å². The Bertz CT molecular complexity index is 785. The van der Waals surface area contributed by atoms with E-state index >= 15 is 0 Å². The first-order valence-electron chi connectivity index (χ1n) is 7.77. The van der Waals surface area contributed by atoms with Crippen molar-refractivity contribution in [1.82, 2.24) is 25.4 Å². The molecule has 0 aliphatic carbocycles. The number of urea groups is 1. The Morgan fingerprint density at radius 1 is 1.29 bits per heavy atom. The number of amides is 3. The Kier molecular flexibility index (Phi) is 4.20. The minimum Gasteiger partial charge on any atom is -0.332 e. The van der Waals surface area contributed by atoms with E-state index in [1.165, 1.54) is 0 Å². The van der Waals surface area contributed by atoms with Gasteiger partial charge in [-0.05, 0) is 31.0 Å². The molecule has 24 heavy (non-hydrogen) atoms. The summed E-state index contributed by atoms with van der Waals surface area (Å²) in [5.74, 6) is 0.679. The average molecular weight is 328 g/mol. The lowest BCUT2D eigenvalue weighted by molar-refractivity contribution is -0.115. The molecule has 0 radical (unpaired) electrons. The van der Waals surface area contributed by atoms with E-state index in [0.717, 1.165) is 16.8 Å². The summed E-state index contributed by atoms with van der Waals surface area (Å²) in [7, 11) is 1.83. The second kappa shape index (κ2) is 6.31. The molecular formula is C16H20N6O2. The number of carbonyl (C=O) groups excluding carboxylic acids is 2. The van der Waals surface area contributed by atoms with Crippen LogP contribution >= 0.6 is 0 Å². The van der Waals surface area contributed by atoms with E-state index in [0.29, 0.717) is 12.2 Å². The van der Waals surface area contributed by atoms with Crippen molar-refractivity contribution in [3.63, 3.8) is 0 Å². The van der Waals surface area contributed by atoms with Gasteiger partial charge in [-0.2, -0.15) is 0 Å². The van der Waals surface area contributed by atoms with Crippen LogP contribution in [0.4, 0.5) is 10.5 Å². The highest BCUT2D eigenvalue weighted by Crippen LogP contribution is 2.26. The van der Waals surface area contributed by atoms with Crippen molar-refractivity contribution in [2.45, 2.75) is 32.4 Å². The number of aromatic nitrogens is 3. The summed E-state index contributed by atoms with van der Waals surface area (Å²) >= 11 is 0. The molecule has 1 aromatic carbocycles. The third-order valence-electron chi connectivity index (χ3n) is 4.08. The molecule has 0 spiro atoms. The monoisotopic (exact) mass is 328 g/mol. The van der Waals surface area contributed by atoms with Crippen molar-refractivity contribution >= 4 is 17.6 Å². The molecule has 3 amide bonds. The number of anilines is 1. The van der Waals surface area contributed by atoms with Gasteiger partial charge in [-0.25, -0.2) is 4.79 Å². The van der Waals surface area contributed by atoms with Crippen LogP contribution in [0, 0.1) is 0 Å². The summed E-state index contributed by atoms with van der Waals surface area (Å²) < 4.78 is 1.76. The van der Waals surface area contributed by atoms with Crippen LogP contribution in [0.1, 0.15) is 42.9 Å². The van der Waals surface area contributed by atoms with E-state index in [-0.39, 0.29) is 24.0 Å². The van der Waals surface area contributed by atoms with E-state index < -0.39 is 0 Å². The van der Waals surface area contributed by atoms with Crippen LogP contribution in [0.15, 0.2) is 24.5 Å². The van der Waals surface area contributed by atoms with E-state index in [4.69, 9.17) is 0 Å². The molecule has 1 aliphatic rings. The normalized spacial score (nSPS) is 15.4. The highest BCUT2D eigenvalue weighted by atomic mass is 16.2. The van der Waals surface area contributed by atoms with Crippen LogP contribution in [0.25, 0.3) is 0 Å². The molecule has 8 nitrogen and oxygen atoms in total. The van der Waals surface area contributed by atoms with Gasteiger partial charge in [0.1, 0.15) is 6.33 Å². The van der Waals surface area contributed by atoms with Crippen molar-refractivity contribution in [2.24, 2.45) is 7.05 Å². The molecule has 0 saturated carbocycles. The second-order valence-electron chi connectivity index (χ2n) is 6.00. The molecule has 0 saturated heterocycles. The van der Waals surface area contributed by atoms with E-state index in [1.807, 2.05) is 39.1 Å². The molecule has 1 aliphatic heterocycles. The molecule has 2 aromatic rings. The highest BCUT2D eigenvalue weighted by Gasteiger charge is 2.20. The number of hydrogen-bond donors (Lipinski definition) is 3. The summed E-state index contributed by atoms with van der Waals surface area (Å²) in [5.41, 5.74) is 2.75. The van der Waals surface area contributed by atoms with Crippen molar-refractivity contribution < 1.29 is 9.59 Å². The number of hydrogen-bond acceptors (Lipinski definition) is 4. The zero-order valence-corrected chi connectivity index (χ0v) is 13.8. The molecule has 3 rings (SSSR count). The van der Waals surface area contributed by atoms with E-state index in [2.05, 4.69) is 26.1 Å². The SMILES string of the molecule is CC(NC(=O)NC(C)c1nncn1C)c1ccc2c(c1)CC(=O)N2. The van der Waals surface area contributed by atoms with Gasteiger partial charge in [-0.1, -0.05) is 12.1 Å². The van der Waals surface area contributed by atoms with Gasteiger partial charge in [0.05, 0.1) is 18.5 Å². The molecule has 2 heterocycles. The van der Waals surface area contributed by atoms with Gasteiger partial charge in [0.25, 0.3) is 0 Å². The molecule has 1 aromatic heterocycles. The van der Waals surface area contributed by atoms with Gasteiger partial charge in [0, 0.05) is 12.7 Å². The lowest BCUT2D eigenvalue weighted by Gasteiger charge is -2.18. The quantitative estimate of drug-likeness (QED) is 0.790. The number of aryl methyl sites for hydroxylation is 1. The maximum absolute atomic E-state index is 12.2. The van der Waals surface area contributed by atoms with Crippen molar-refractivity contribution in [1.29, 1.82) is 0 Å². The van der Waals surface area contributed by atoms with Crippen LogP contribution in [-0.4, -0.2) is 26.7 Å². The summed E-state index contributed by atoms with van der Waals surface area (Å²) in [6.07, 6.45) is 1.97. The fraction of sp³-hybridized carbons (Fsp3) is 0.375. The predicted molar refractivity (Wildman–Crippen MR) is 88.3 cm³/mol. The summed E-state index contributed by atoms with van der Waals surface area (Å²) in [5, 5.41) is 16.3. The topological polar surface area (TPSA) is 101 Å². The number of benzene rings is 1. The number of carbonyl (C=O) groups is 2. The molecule has 0 fully saturated rings. The highest BCUT2D eigenvalue weighted by molar-refractivity contribution is 5.99. The molecule has 126 valence electrons. The molecular weight excluding hydrogens is 308 g/mol. The maximum Gasteiger partial charge on any atom is 0.315 e. The molecule has 2 atom stereocenters. The Hall–Kier alpha value is -2.90. The van der Waals surface area contributed by atoms with Gasteiger partial charge < -0.3 is 20.5 Å². The van der Waals surface area contributed by atoms with Gasteiger partial charge >= 0.3 is 6.03 Å². The van der Waals surface area contributed by atoms with Crippen LogP contribution in [0.2, 0.25) is 0 Å². The first-order chi connectivity index (χ1) is 11.4. The second-order valence-corrected chi connectivity index (χ2v) is 6.00. The number of nitrogens with zero attached hydrogens (tertiary/aromatic N) is 3. The van der Waals surface area contributed by atoms with Crippen molar-refractivity contribution in [3.8, 4) is 0 Å². The number of rotatable bonds is 4. The summed E-state index contributed by atoms with van der Waals surface area (Å²) in [6.45, 7) is 3.75. The van der Waals surface area contributed by atoms with Crippen LogP contribution in [0.3, 0.4) is 0 Å². The first kappa shape index (κ1) is 16.0. The smallest absolute Gasteiger partial charge is 0.315 e. The standard InChI is InChI=1S/C16H20N6O2/c1-9(11-4-5-13-12(6-11)7-14(23)20-13)18-16(24)19-10(2)15-21-17-8-22(15)3/h4-6,8-10H,7H2,1-3H3,(H,20,23)(H2,18,19,24). The third kappa shape index (κ3) is 3.22. The maximum atomic E-state index is 12.2. The fourth-order valence-electron chi connectivity index (χ4n) is 2.79. The average Bonchev–Trinajstić information content (AvgIpc) is 3.10. The van der Waals surface area contributed by atoms with Crippen LogP contribution < -0.4 is 16.0 Å². The number of nitrogens with one attached hydrogen (secondary N) is 3. The lowest BCUT2D eigenvalue weighted by Crippen LogP contribution is -2.39. The van der Waals surface area contributed by atoms with E-state index in [9.17, 15) is 9.59 Å². The van der Waals surface area contributed by atoms with Gasteiger partial charge in [-0.3, -0.25) is 4.79 Å². The summed E-state index contributed by atoms with van der Waals surface area (Å²) in [6, 6.07) is 5.00. The molecule has 3 N–H and O–H groups in total. The van der Waals surface area contributed by atoms with E-state index in [1.54, 1.807) is 10.9 Å². The minimum absolute atomic E-state index is 0.00185. The minimum atomic E-state index is -0.285. The molecule has 2 unspecified atom stereocenters. The Labute approximate surface area is 139 Å². The molecule has 8 heteroatoms. The van der Waals surface area contributed by atoms with Gasteiger partial charge in [0.2, 0.25) is 5.91 Å². The van der Waals surface area contributed by atoms with Crippen molar-refractivity contribution in [2.75, 3.05) is 5.32 Å². The third-order valence-corrected chi connectivity index (χ3v) is 4.08. The molecule has 0 bridgehead atoms. The van der Waals surface area contributed by atoms with Crippen LogP contribution in [-0.2, 0) is 18.3 Å². The Morgan fingerprint density at radius 2 is 2.04 bits per heavy atom.